The van der Waals surface area contributed by atoms with Crippen LogP contribution in [0, 0.1) is 0 Å². The Balaban J connectivity index is 2.84. The van der Waals surface area contributed by atoms with Crippen molar-refractivity contribution in [3.8, 4) is 5.75 Å². The lowest BCUT2D eigenvalue weighted by atomic mass is 10.0. The summed E-state index contributed by atoms with van der Waals surface area (Å²) >= 11 is 0. The molecule has 2 N–H and O–H groups in total. The number of hydrogen-bond acceptors (Lipinski definition) is 3. The first-order valence-electron chi connectivity index (χ1n) is 7.28. The van der Waals surface area contributed by atoms with Gasteiger partial charge in [-0.2, -0.15) is 0 Å². The van der Waals surface area contributed by atoms with Crippen LogP contribution in [-0.2, 0) is 6.54 Å². The molecule has 0 aliphatic heterocycles. The average molecular weight is 264 g/mol. The molecule has 0 saturated heterocycles. The van der Waals surface area contributed by atoms with Gasteiger partial charge in [0.05, 0.1) is 6.61 Å². The molecule has 1 atom stereocenters. The second-order valence-electron chi connectivity index (χ2n) is 5.18. The standard InChI is InChI=1S/C16H28N2O/c1-5-7-10-18(4)12-15-11-14(13(3)17)8-9-16(15)19-6-2/h8-9,11,13H,5-7,10,12,17H2,1-4H3. The zero-order chi connectivity index (χ0) is 14.3. The van der Waals surface area contributed by atoms with E-state index in [1.54, 1.807) is 0 Å². The molecule has 0 aromatic heterocycles. The van der Waals surface area contributed by atoms with E-state index < -0.39 is 0 Å². The number of rotatable bonds is 8. The van der Waals surface area contributed by atoms with E-state index in [1.807, 2.05) is 19.9 Å². The summed E-state index contributed by atoms with van der Waals surface area (Å²) in [6.07, 6.45) is 2.45. The minimum Gasteiger partial charge on any atom is -0.494 e. The molecular formula is C16H28N2O. The van der Waals surface area contributed by atoms with E-state index in [0.29, 0.717) is 6.61 Å². The van der Waals surface area contributed by atoms with Crippen LogP contribution in [0.25, 0.3) is 0 Å². The molecule has 0 aliphatic carbocycles. The number of unbranched alkanes of at least 4 members (excludes halogenated alkanes) is 1. The van der Waals surface area contributed by atoms with E-state index >= 15 is 0 Å². The number of benzene rings is 1. The van der Waals surface area contributed by atoms with Crippen molar-refractivity contribution in [2.45, 2.75) is 46.2 Å². The van der Waals surface area contributed by atoms with Gasteiger partial charge in [-0.3, -0.25) is 0 Å². The van der Waals surface area contributed by atoms with E-state index in [1.165, 1.54) is 24.0 Å². The van der Waals surface area contributed by atoms with E-state index in [9.17, 15) is 0 Å². The highest BCUT2D eigenvalue weighted by Crippen LogP contribution is 2.24. The lowest BCUT2D eigenvalue weighted by Crippen LogP contribution is -2.20. The molecule has 0 radical (unpaired) electrons. The molecular weight excluding hydrogens is 236 g/mol. The maximum Gasteiger partial charge on any atom is 0.123 e. The fourth-order valence-electron chi connectivity index (χ4n) is 2.10. The Morgan fingerprint density at radius 1 is 1.32 bits per heavy atom. The Morgan fingerprint density at radius 2 is 2.05 bits per heavy atom. The Kier molecular flexibility index (Phi) is 6.89. The Bertz CT molecular complexity index is 377. The largest absolute Gasteiger partial charge is 0.494 e. The molecule has 108 valence electrons. The molecule has 1 rings (SSSR count). The third-order valence-electron chi connectivity index (χ3n) is 3.24. The van der Waals surface area contributed by atoms with Gasteiger partial charge in [0.2, 0.25) is 0 Å². The summed E-state index contributed by atoms with van der Waals surface area (Å²) in [7, 11) is 2.16. The van der Waals surface area contributed by atoms with Crippen LogP contribution in [0.1, 0.15) is 50.8 Å². The summed E-state index contributed by atoms with van der Waals surface area (Å²) < 4.78 is 5.71. The zero-order valence-electron chi connectivity index (χ0n) is 12.8. The molecule has 0 spiro atoms. The third-order valence-corrected chi connectivity index (χ3v) is 3.24. The number of nitrogens with zero attached hydrogens (tertiary/aromatic N) is 1. The van der Waals surface area contributed by atoms with Crippen LogP contribution in [0.3, 0.4) is 0 Å². The fraction of sp³-hybridized carbons (Fsp3) is 0.625. The first kappa shape index (κ1) is 16.0. The topological polar surface area (TPSA) is 38.5 Å². The van der Waals surface area contributed by atoms with Gasteiger partial charge < -0.3 is 15.4 Å². The Morgan fingerprint density at radius 3 is 2.63 bits per heavy atom. The van der Waals surface area contributed by atoms with Gasteiger partial charge in [0.25, 0.3) is 0 Å². The molecule has 0 aliphatic rings. The van der Waals surface area contributed by atoms with Crippen molar-refractivity contribution in [2.24, 2.45) is 5.73 Å². The number of ether oxygens (including phenoxy) is 1. The molecule has 1 unspecified atom stereocenters. The van der Waals surface area contributed by atoms with Gasteiger partial charge >= 0.3 is 0 Å². The summed E-state index contributed by atoms with van der Waals surface area (Å²) in [4.78, 5) is 2.34. The third kappa shape index (κ3) is 5.21. The van der Waals surface area contributed by atoms with Gasteiger partial charge in [-0.15, -0.1) is 0 Å². The number of nitrogens with two attached hydrogens (primary N) is 1. The molecule has 0 bridgehead atoms. The average Bonchev–Trinajstić information content (AvgIpc) is 2.38. The van der Waals surface area contributed by atoms with Crippen LogP contribution in [-0.4, -0.2) is 25.1 Å². The van der Waals surface area contributed by atoms with Gasteiger partial charge in [-0.25, -0.2) is 0 Å². The molecule has 1 aromatic carbocycles. The SMILES string of the molecule is CCCCN(C)Cc1cc(C(C)N)ccc1OCC. The quantitative estimate of drug-likeness (QED) is 0.782. The van der Waals surface area contributed by atoms with Gasteiger partial charge in [-0.05, 0) is 51.6 Å². The Labute approximate surface area is 117 Å². The highest BCUT2D eigenvalue weighted by Gasteiger charge is 2.09. The summed E-state index contributed by atoms with van der Waals surface area (Å²) in [5.74, 6) is 0.982. The van der Waals surface area contributed by atoms with Crippen LogP contribution in [0.4, 0.5) is 0 Å². The minimum atomic E-state index is 0.0652. The van der Waals surface area contributed by atoms with Gasteiger partial charge in [-0.1, -0.05) is 19.4 Å². The molecule has 0 amide bonds. The minimum absolute atomic E-state index is 0.0652. The van der Waals surface area contributed by atoms with Crippen LogP contribution < -0.4 is 10.5 Å². The monoisotopic (exact) mass is 264 g/mol. The summed E-state index contributed by atoms with van der Waals surface area (Å²) in [5, 5.41) is 0. The van der Waals surface area contributed by atoms with Gasteiger partial charge in [0.15, 0.2) is 0 Å². The van der Waals surface area contributed by atoms with Crippen LogP contribution in [0.15, 0.2) is 18.2 Å². The highest BCUT2D eigenvalue weighted by molar-refractivity contribution is 5.38. The van der Waals surface area contributed by atoms with Crippen molar-refractivity contribution in [2.75, 3.05) is 20.2 Å². The smallest absolute Gasteiger partial charge is 0.123 e. The molecule has 0 saturated carbocycles. The second-order valence-corrected chi connectivity index (χ2v) is 5.18. The molecule has 3 heteroatoms. The van der Waals surface area contributed by atoms with Crippen LogP contribution in [0.5, 0.6) is 5.75 Å². The zero-order valence-corrected chi connectivity index (χ0v) is 12.8. The summed E-state index contributed by atoms with van der Waals surface area (Å²) in [6, 6.07) is 6.35. The molecule has 3 nitrogen and oxygen atoms in total. The normalized spacial score (nSPS) is 12.7. The van der Waals surface area contributed by atoms with E-state index in [-0.39, 0.29) is 6.04 Å². The van der Waals surface area contributed by atoms with E-state index in [0.717, 1.165) is 18.8 Å². The van der Waals surface area contributed by atoms with Crippen molar-refractivity contribution in [1.29, 1.82) is 0 Å². The van der Waals surface area contributed by atoms with Crippen molar-refractivity contribution in [3.63, 3.8) is 0 Å². The van der Waals surface area contributed by atoms with Crippen molar-refractivity contribution in [1.82, 2.24) is 4.90 Å². The van der Waals surface area contributed by atoms with Crippen LogP contribution in [0.2, 0.25) is 0 Å². The molecule has 0 fully saturated rings. The molecule has 0 heterocycles. The van der Waals surface area contributed by atoms with Crippen molar-refractivity contribution in [3.05, 3.63) is 29.3 Å². The van der Waals surface area contributed by atoms with Crippen LogP contribution >= 0.6 is 0 Å². The molecule has 19 heavy (non-hydrogen) atoms. The first-order chi connectivity index (χ1) is 9.08. The fourth-order valence-corrected chi connectivity index (χ4v) is 2.10. The summed E-state index contributed by atoms with van der Waals surface area (Å²) in [6.45, 7) is 8.98. The molecule has 1 aromatic rings. The maximum atomic E-state index is 5.96. The predicted molar refractivity (Wildman–Crippen MR) is 81.5 cm³/mol. The second kappa shape index (κ2) is 8.18. The van der Waals surface area contributed by atoms with Crippen molar-refractivity contribution >= 4 is 0 Å². The van der Waals surface area contributed by atoms with E-state index in [2.05, 4.69) is 31.0 Å². The lowest BCUT2D eigenvalue weighted by Gasteiger charge is -2.20. The summed E-state index contributed by atoms with van der Waals surface area (Å²) in [5.41, 5.74) is 8.36. The van der Waals surface area contributed by atoms with E-state index in [4.69, 9.17) is 10.5 Å². The maximum absolute atomic E-state index is 5.96. The van der Waals surface area contributed by atoms with Gasteiger partial charge in [0, 0.05) is 18.2 Å². The van der Waals surface area contributed by atoms with Crippen molar-refractivity contribution < 1.29 is 4.74 Å². The lowest BCUT2D eigenvalue weighted by molar-refractivity contribution is 0.299. The predicted octanol–water partition coefficient (Wildman–Crippen LogP) is 3.34. The first-order valence-corrected chi connectivity index (χ1v) is 7.28. The Hall–Kier alpha value is -1.06. The highest BCUT2D eigenvalue weighted by atomic mass is 16.5. The number of hydrogen-bond donors (Lipinski definition) is 1. The van der Waals surface area contributed by atoms with Gasteiger partial charge in [0.1, 0.15) is 5.75 Å².